The predicted molar refractivity (Wildman–Crippen MR) is 58.4 cm³/mol. The molecule has 0 aromatic carbocycles. The van der Waals surface area contributed by atoms with Gasteiger partial charge in [-0.3, -0.25) is 0 Å². The summed E-state index contributed by atoms with van der Waals surface area (Å²) in [5.41, 5.74) is 1.59. The summed E-state index contributed by atoms with van der Waals surface area (Å²) < 4.78 is 5.76. The number of ether oxygens (including phenoxy) is 1. The lowest BCUT2D eigenvalue weighted by Crippen LogP contribution is -2.39. The summed E-state index contributed by atoms with van der Waals surface area (Å²) in [5.74, 6) is 0. The summed E-state index contributed by atoms with van der Waals surface area (Å²) in [5, 5.41) is 3.42. The molecule has 0 aromatic heterocycles. The van der Waals surface area contributed by atoms with Crippen molar-refractivity contribution in [3.8, 4) is 0 Å². The zero-order chi connectivity index (χ0) is 9.80. The highest BCUT2D eigenvalue weighted by Crippen LogP contribution is 2.26. The van der Waals surface area contributed by atoms with Gasteiger partial charge in [-0.25, -0.2) is 0 Å². The molecule has 14 heavy (non-hydrogen) atoms. The third-order valence-corrected chi connectivity index (χ3v) is 3.37. The Kier molecular flexibility index (Phi) is 3.60. The lowest BCUT2D eigenvalue weighted by molar-refractivity contribution is 0.0893. The van der Waals surface area contributed by atoms with Crippen LogP contribution in [0.5, 0.6) is 0 Å². The van der Waals surface area contributed by atoms with Crippen molar-refractivity contribution < 1.29 is 4.74 Å². The maximum absolute atomic E-state index is 5.76. The molecule has 1 N–H and O–H groups in total. The molecule has 80 valence electrons. The van der Waals surface area contributed by atoms with Crippen LogP contribution in [0.2, 0.25) is 0 Å². The highest BCUT2D eigenvalue weighted by Gasteiger charge is 2.27. The molecule has 2 nitrogen and oxygen atoms in total. The van der Waals surface area contributed by atoms with E-state index in [1.54, 1.807) is 5.57 Å². The average molecular weight is 195 g/mol. The fourth-order valence-corrected chi connectivity index (χ4v) is 2.62. The van der Waals surface area contributed by atoms with Crippen molar-refractivity contribution in [2.24, 2.45) is 0 Å². The third-order valence-electron chi connectivity index (χ3n) is 3.37. The first kappa shape index (κ1) is 10.2. The van der Waals surface area contributed by atoms with Crippen molar-refractivity contribution in [3.05, 3.63) is 11.6 Å². The van der Waals surface area contributed by atoms with Crippen LogP contribution in [-0.4, -0.2) is 25.8 Å². The molecular weight excluding hydrogens is 174 g/mol. The predicted octanol–water partition coefficient (Wildman–Crippen LogP) is 2.25. The van der Waals surface area contributed by atoms with Gasteiger partial charge in [-0.15, -0.1) is 0 Å². The summed E-state index contributed by atoms with van der Waals surface area (Å²) in [4.78, 5) is 0. The van der Waals surface area contributed by atoms with Crippen LogP contribution >= 0.6 is 0 Å². The summed E-state index contributed by atoms with van der Waals surface area (Å²) in [7, 11) is 2.06. The van der Waals surface area contributed by atoms with Gasteiger partial charge in [-0.05, 0) is 45.6 Å². The largest absolute Gasteiger partial charge is 0.376 e. The Labute approximate surface area is 86.7 Å². The second kappa shape index (κ2) is 4.94. The van der Waals surface area contributed by atoms with Crippen LogP contribution in [0.25, 0.3) is 0 Å². The van der Waals surface area contributed by atoms with Gasteiger partial charge in [-0.1, -0.05) is 11.6 Å². The molecule has 0 amide bonds. The average Bonchev–Trinajstić information content (AvgIpc) is 2.74. The molecule has 0 aromatic rings. The van der Waals surface area contributed by atoms with E-state index in [4.69, 9.17) is 4.74 Å². The number of rotatable bonds is 3. The van der Waals surface area contributed by atoms with Crippen LogP contribution in [0.3, 0.4) is 0 Å². The molecule has 1 aliphatic carbocycles. The van der Waals surface area contributed by atoms with Crippen LogP contribution in [0.1, 0.15) is 38.5 Å². The van der Waals surface area contributed by atoms with Crippen molar-refractivity contribution >= 4 is 0 Å². The normalized spacial score (nSPS) is 30.1. The molecule has 2 aliphatic rings. The molecule has 2 unspecified atom stereocenters. The molecule has 0 radical (unpaired) electrons. The van der Waals surface area contributed by atoms with Crippen molar-refractivity contribution in [3.63, 3.8) is 0 Å². The summed E-state index contributed by atoms with van der Waals surface area (Å²) in [6.07, 6.45) is 10.6. The van der Waals surface area contributed by atoms with Crippen LogP contribution in [0.4, 0.5) is 0 Å². The maximum Gasteiger partial charge on any atom is 0.0767 e. The molecule has 2 atom stereocenters. The summed E-state index contributed by atoms with van der Waals surface area (Å²) in [6.45, 7) is 0.954. The lowest BCUT2D eigenvalue weighted by atomic mass is 9.90. The quantitative estimate of drug-likeness (QED) is 0.697. The van der Waals surface area contributed by atoms with Gasteiger partial charge in [0.05, 0.1) is 12.1 Å². The van der Waals surface area contributed by atoms with E-state index >= 15 is 0 Å². The van der Waals surface area contributed by atoms with Crippen LogP contribution in [-0.2, 0) is 4.74 Å². The van der Waals surface area contributed by atoms with Crippen LogP contribution in [0.15, 0.2) is 11.6 Å². The van der Waals surface area contributed by atoms with Gasteiger partial charge in [-0.2, -0.15) is 0 Å². The molecule has 1 aliphatic heterocycles. The van der Waals surface area contributed by atoms with Gasteiger partial charge in [0.25, 0.3) is 0 Å². The highest BCUT2D eigenvalue weighted by molar-refractivity contribution is 5.15. The first-order valence-electron chi connectivity index (χ1n) is 5.89. The van der Waals surface area contributed by atoms with Crippen molar-refractivity contribution in [2.75, 3.05) is 13.7 Å². The van der Waals surface area contributed by atoms with Gasteiger partial charge in [0.15, 0.2) is 0 Å². The van der Waals surface area contributed by atoms with Crippen LogP contribution in [0, 0.1) is 0 Å². The lowest BCUT2D eigenvalue weighted by Gasteiger charge is -2.27. The zero-order valence-electron chi connectivity index (χ0n) is 9.09. The molecule has 0 bridgehead atoms. The zero-order valence-corrected chi connectivity index (χ0v) is 9.09. The minimum atomic E-state index is 0.435. The Morgan fingerprint density at radius 2 is 2.36 bits per heavy atom. The van der Waals surface area contributed by atoms with Crippen LogP contribution < -0.4 is 5.32 Å². The van der Waals surface area contributed by atoms with E-state index < -0.39 is 0 Å². The van der Waals surface area contributed by atoms with E-state index in [0.29, 0.717) is 12.1 Å². The Morgan fingerprint density at radius 3 is 2.93 bits per heavy atom. The molecule has 1 fully saturated rings. The van der Waals surface area contributed by atoms with E-state index in [1.807, 2.05) is 0 Å². The van der Waals surface area contributed by atoms with Crippen molar-refractivity contribution in [2.45, 2.75) is 50.7 Å². The SMILES string of the molecule is CNC(C1=CCCCC1)C1CCCO1. The Bertz CT molecular complexity index is 206. The smallest absolute Gasteiger partial charge is 0.0767 e. The summed E-state index contributed by atoms with van der Waals surface area (Å²) >= 11 is 0. The first-order chi connectivity index (χ1) is 6.92. The first-order valence-corrected chi connectivity index (χ1v) is 5.89. The van der Waals surface area contributed by atoms with E-state index in [-0.39, 0.29) is 0 Å². The van der Waals surface area contributed by atoms with Gasteiger partial charge in [0.1, 0.15) is 0 Å². The molecule has 2 rings (SSSR count). The Hall–Kier alpha value is -0.340. The molecule has 1 saturated heterocycles. The monoisotopic (exact) mass is 195 g/mol. The topological polar surface area (TPSA) is 21.3 Å². The standard InChI is InChI=1S/C12H21NO/c1-13-12(11-8-5-9-14-11)10-6-3-2-4-7-10/h6,11-13H,2-5,7-9H2,1H3. The number of likely N-dealkylation sites (N-methyl/N-ethyl adjacent to an activating group) is 1. The number of allylic oxidation sites excluding steroid dienone is 1. The molecule has 0 spiro atoms. The minimum absolute atomic E-state index is 0.435. The fourth-order valence-electron chi connectivity index (χ4n) is 2.62. The number of nitrogens with one attached hydrogen (secondary N) is 1. The highest BCUT2D eigenvalue weighted by atomic mass is 16.5. The molecule has 1 heterocycles. The Morgan fingerprint density at radius 1 is 1.43 bits per heavy atom. The van der Waals surface area contributed by atoms with E-state index in [0.717, 1.165) is 6.61 Å². The van der Waals surface area contributed by atoms with Gasteiger partial charge < -0.3 is 10.1 Å². The minimum Gasteiger partial charge on any atom is -0.376 e. The number of hydrogen-bond acceptors (Lipinski definition) is 2. The number of hydrogen-bond donors (Lipinski definition) is 1. The van der Waals surface area contributed by atoms with E-state index in [2.05, 4.69) is 18.4 Å². The fraction of sp³-hybridized carbons (Fsp3) is 0.833. The second-order valence-corrected chi connectivity index (χ2v) is 4.34. The molecule has 0 saturated carbocycles. The Balaban J connectivity index is 1.99. The third kappa shape index (κ3) is 2.18. The maximum atomic E-state index is 5.76. The molecule has 2 heteroatoms. The van der Waals surface area contributed by atoms with Gasteiger partial charge in [0, 0.05) is 6.61 Å². The van der Waals surface area contributed by atoms with Crippen molar-refractivity contribution in [1.82, 2.24) is 5.32 Å². The van der Waals surface area contributed by atoms with Crippen molar-refractivity contribution in [1.29, 1.82) is 0 Å². The van der Waals surface area contributed by atoms with Gasteiger partial charge in [0.2, 0.25) is 0 Å². The second-order valence-electron chi connectivity index (χ2n) is 4.34. The van der Waals surface area contributed by atoms with E-state index in [9.17, 15) is 0 Å². The summed E-state index contributed by atoms with van der Waals surface area (Å²) in [6, 6.07) is 0.484. The molecular formula is C12H21NO. The van der Waals surface area contributed by atoms with Gasteiger partial charge >= 0.3 is 0 Å². The van der Waals surface area contributed by atoms with E-state index in [1.165, 1.54) is 38.5 Å².